The van der Waals surface area contributed by atoms with E-state index in [0.29, 0.717) is 18.8 Å². The summed E-state index contributed by atoms with van der Waals surface area (Å²) in [6.07, 6.45) is 5.89. The van der Waals surface area contributed by atoms with Crippen molar-refractivity contribution in [3.63, 3.8) is 0 Å². The molecule has 4 rings (SSSR count). The first-order valence-corrected chi connectivity index (χ1v) is 8.94. The number of nitrogens with two attached hydrogens (primary N) is 1. The Hall–Kier alpha value is -1.64. The van der Waals surface area contributed by atoms with E-state index >= 15 is 0 Å². The van der Waals surface area contributed by atoms with Crippen LogP contribution in [0.25, 0.3) is 0 Å². The van der Waals surface area contributed by atoms with Crippen molar-refractivity contribution in [2.24, 2.45) is 22.5 Å². The van der Waals surface area contributed by atoms with E-state index in [2.05, 4.69) is 0 Å². The maximum absolute atomic E-state index is 10.6. The number of hydrogen-bond donors (Lipinski definition) is 1. The summed E-state index contributed by atoms with van der Waals surface area (Å²) >= 11 is 0. The number of rotatable bonds is 8. The Morgan fingerprint density at radius 3 is 1.76 bits per heavy atom. The van der Waals surface area contributed by atoms with E-state index in [1.807, 2.05) is 0 Å². The highest BCUT2D eigenvalue weighted by molar-refractivity contribution is 5.15. The molecule has 0 saturated heterocycles. The molecule has 9 heteroatoms. The molecule has 4 atom stereocenters. The first-order chi connectivity index (χ1) is 11.5. The number of nitrogens with zero attached hydrogens (tertiary/aromatic N) is 2. The Morgan fingerprint density at radius 1 is 0.960 bits per heavy atom. The van der Waals surface area contributed by atoms with Gasteiger partial charge in [-0.25, -0.2) is 0 Å². The van der Waals surface area contributed by atoms with Crippen LogP contribution in [-0.2, 0) is 9.68 Å². The normalized spacial score (nSPS) is 41.2. The van der Waals surface area contributed by atoms with Gasteiger partial charge in [-0.1, -0.05) is 0 Å². The first-order valence-electron chi connectivity index (χ1n) is 8.94. The summed E-state index contributed by atoms with van der Waals surface area (Å²) in [4.78, 5) is 30.8. The molecular weight excluding hydrogens is 330 g/mol. The lowest BCUT2D eigenvalue weighted by Gasteiger charge is -2.66. The lowest BCUT2D eigenvalue weighted by atomic mass is 9.40. The van der Waals surface area contributed by atoms with E-state index in [1.165, 1.54) is 0 Å². The molecule has 142 valence electrons. The van der Waals surface area contributed by atoms with E-state index in [1.54, 1.807) is 13.8 Å². The molecular formula is C16H27N3O6. The standard InChI is InChI=1S/C16H27N3O6/c1-11(24-18(20)21)3-14-5-13-6-15(8-14,4-12(2)25-19(22)23)10-16(17,7-13)9-14/h11-13H,3-10,17H2,1-2H3. The third-order valence-corrected chi connectivity index (χ3v) is 6.32. The fraction of sp³-hybridized carbons (Fsp3) is 1.00. The van der Waals surface area contributed by atoms with Crippen LogP contribution in [0.15, 0.2) is 0 Å². The molecule has 4 bridgehead atoms. The Morgan fingerprint density at radius 2 is 1.40 bits per heavy atom. The first kappa shape index (κ1) is 18.2. The second kappa shape index (κ2) is 5.96. The van der Waals surface area contributed by atoms with Crippen molar-refractivity contribution >= 4 is 0 Å². The van der Waals surface area contributed by atoms with Crippen LogP contribution in [0.2, 0.25) is 0 Å². The highest BCUT2D eigenvalue weighted by atomic mass is 17.0. The molecule has 9 nitrogen and oxygen atoms in total. The van der Waals surface area contributed by atoms with Crippen molar-refractivity contribution in [3.05, 3.63) is 20.2 Å². The third-order valence-electron chi connectivity index (χ3n) is 6.32. The van der Waals surface area contributed by atoms with Gasteiger partial charge in [-0.15, -0.1) is 20.2 Å². The minimum Gasteiger partial charge on any atom is -0.325 e. The molecule has 0 spiro atoms. The van der Waals surface area contributed by atoms with Gasteiger partial charge in [0.25, 0.3) is 10.2 Å². The Bertz CT molecular complexity index is 530. The Kier molecular flexibility index (Phi) is 4.33. The van der Waals surface area contributed by atoms with Gasteiger partial charge in [0, 0.05) is 5.54 Å². The zero-order chi connectivity index (χ0) is 18.5. The van der Waals surface area contributed by atoms with Gasteiger partial charge in [0.05, 0.1) is 0 Å². The van der Waals surface area contributed by atoms with Gasteiger partial charge in [-0.05, 0) is 82.0 Å². The lowest BCUT2D eigenvalue weighted by Crippen LogP contribution is -2.64. The predicted octanol–water partition coefficient (Wildman–Crippen LogP) is 2.63. The van der Waals surface area contributed by atoms with Gasteiger partial charge in [0.15, 0.2) is 0 Å². The van der Waals surface area contributed by atoms with Gasteiger partial charge in [0.1, 0.15) is 12.2 Å². The van der Waals surface area contributed by atoms with Gasteiger partial charge in [-0.3, -0.25) is 0 Å². The molecule has 0 aromatic carbocycles. The van der Waals surface area contributed by atoms with Crippen molar-refractivity contribution < 1.29 is 19.8 Å². The van der Waals surface area contributed by atoms with E-state index < -0.39 is 22.4 Å². The fourth-order valence-electron chi connectivity index (χ4n) is 6.97. The van der Waals surface area contributed by atoms with Crippen molar-refractivity contribution in [3.8, 4) is 0 Å². The molecule has 4 aliphatic rings. The molecule has 25 heavy (non-hydrogen) atoms. The van der Waals surface area contributed by atoms with Crippen LogP contribution in [-0.4, -0.2) is 27.9 Å². The van der Waals surface area contributed by atoms with Gasteiger partial charge in [-0.2, -0.15) is 0 Å². The lowest BCUT2D eigenvalue weighted by molar-refractivity contribution is -0.768. The highest BCUT2D eigenvalue weighted by Crippen LogP contribution is 2.68. The van der Waals surface area contributed by atoms with Gasteiger partial charge < -0.3 is 15.4 Å². The molecule has 0 aromatic rings. The maximum atomic E-state index is 10.6. The summed E-state index contributed by atoms with van der Waals surface area (Å²) in [5.74, 6) is 0.479. The second-order valence-corrected chi connectivity index (χ2v) is 9.06. The van der Waals surface area contributed by atoms with Crippen LogP contribution < -0.4 is 5.73 Å². The van der Waals surface area contributed by atoms with E-state index in [9.17, 15) is 20.2 Å². The molecule has 4 unspecified atom stereocenters. The molecule has 0 radical (unpaired) electrons. The van der Waals surface area contributed by atoms with E-state index in [4.69, 9.17) is 15.4 Å². The van der Waals surface area contributed by atoms with Crippen molar-refractivity contribution in [1.82, 2.24) is 0 Å². The molecule has 4 saturated carbocycles. The molecule has 4 fully saturated rings. The molecule has 2 N–H and O–H groups in total. The van der Waals surface area contributed by atoms with Gasteiger partial charge in [0.2, 0.25) is 0 Å². The van der Waals surface area contributed by atoms with Gasteiger partial charge >= 0.3 is 0 Å². The largest absolute Gasteiger partial charge is 0.325 e. The maximum Gasteiger partial charge on any atom is 0.294 e. The van der Waals surface area contributed by atoms with Crippen LogP contribution in [0, 0.1) is 37.0 Å². The Labute approximate surface area is 146 Å². The predicted molar refractivity (Wildman–Crippen MR) is 87.3 cm³/mol. The van der Waals surface area contributed by atoms with Crippen molar-refractivity contribution in [2.75, 3.05) is 0 Å². The average molecular weight is 357 g/mol. The summed E-state index contributed by atoms with van der Waals surface area (Å²) in [6.45, 7) is 3.46. The fourth-order valence-corrected chi connectivity index (χ4v) is 6.97. The zero-order valence-corrected chi connectivity index (χ0v) is 14.8. The smallest absolute Gasteiger partial charge is 0.294 e. The van der Waals surface area contributed by atoms with Crippen LogP contribution in [0.1, 0.15) is 65.2 Å². The zero-order valence-electron chi connectivity index (χ0n) is 14.8. The summed E-state index contributed by atoms with van der Waals surface area (Å²) in [7, 11) is 0. The second-order valence-electron chi connectivity index (χ2n) is 9.06. The minimum absolute atomic E-state index is 0.0715. The minimum atomic E-state index is -0.730. The SMILES string of the molecule is CC(CC12CC3CC(N)(C1)CC(CC(C)O[N+](=O)[O-])(C3)C2)O[N+](=O)[O-]. The molecule has 0 aliphatic heterocycles. The topological polar surface area (TPSA) is 131 Å². The van der Waals surface area contributed by atoms with Crippen molar-refractivity contribution in [2.45, 2.75) is 83.0 Å². The quantitative estimate of drug-likeness (QED) is 0.522. The van der Waals surface area contributed by atoms with Crippen LogP contribution in [0.5, 0.6) is 0 Å². The van der Waals surface area contributed by atoms with E-state index in [0.717, 1.165) is 38.5 Å². The van der Waals surface area contributed by atoms with Crippen LogP contribution >= 0.6 is 0 Å². The molecule has 0 heterocycles. The third kappa shape index (κ3) is 3.80. The van der Waals surface area contributed by atoms with E-state index in [-0.39, 0.29) is 16.4 Å². The Balaban J connectivity index is 1.78. The molecule has 4 aliphatic carbocycles. The summed E-state index contributed by atoms with van der Waals surface area (Å²) in [6, 6.07) is 0. The highest BCUT2D eigenvalue weighted by Gasteiger charge is 2.62. The molecule has 0 aromatic heterocycles. The monoisotopic (exact) mass is 357 g/mol. The average Bonchev–Trinajstić information content (AvgIpc) is 2.30. The van der Waals surface area contributed by atoms with Crippen molar-refractivity contribution in [1.29, 1.82) is 0 Å². The summed E-state index contributed by atoms with van der Waals surface area (Å²) in [5.41, 5.74) is 6.28. The summed E-state index contributed by atoms with van der Waals surface area (Å²) < 4.78 is 0. The van der Waals surface area contributed by atoms with Crippen LogP contribution in [0.3, 0.4) is 0 Å². The number of hydrogen-bond acceptors (Lipinski definition) is 7. The molecule has 0 amide bonds. The van der Waals surface area contributed by atoms with Crippen LogP contribution in [0.4, 0.5) is 0 Å². The summed E-state index contributed by atoms with van der Waals surface area (Å²) in [5, 5.41) is 19.8.